The first-order valence-electron chi connectivity index (χ1n) is 9.67. The highest BCUT2D eigenvalue weighted by molar-refractivity contribution is 5.79. The summed E-state index contributed by atoms with van der Waals surface area (Å²) in [5.74, 6) is 1.08. The molecule has 0 N–H and O–H groups in total. The molecule has 4 heterocycles. The van der Waals surface area contributed by atoms with E-state index in [-0.39, 0.29) is 11.3 Å². The summed E-state index contributed by atoms with van der Waals surface area (Å²) in [5.41, 5.74) is 2.08. The standard InChI is InChI=1S/C18H27N7O2/c1-14-16(15(2)27-20-14)11-24-12-18(10-17(24)26)4-8-23(9-5-18)6-3-7-25-13-19-21-22-25/h13H,3-12H2,1-2H3. The Balaban J connectivity index is 1.27. The number of aromatic nitrogens is 5. The van der Waals surface area contributed by atoms with Crippen LogP contribution in [0.1, 0.15) is 42.7 Å². The predicted molar refractivity (Wildman–Crippen MR) is 96.6 cm³/mol. The van der Waals surface area contributed by atoms with E-state index in [1.165, 1.54) is 0 Å². The lowest BCUT2D eigenvalue weighted by Gasteiger charge is -2.38. The normalized spacial score (nSPS) is 20.1. The monoisotopic (exact) mass is 373 g/mol. The van der Waals surface area contributed by atoms with E-state index in [9.17, 15) is 4.79 Å². The number of carbonyl (C=O) groups is 1. The van der Waals surface area contributed by atoms with Crippen molar-refractivity contribution in [1.82, 2.24) is 35.2 Å². The molecule has 2 saturated heterocycles. The van der Waals surface area contributed by atoms with Crippen LogP contribution >= 0.6 is 0 Å². The highest BCUT2D eigenvalue weighted by Crippen LogP contribution is 2.41. The lowest BCUT2D eigenvalue weighted by atomic mass is 9.77. The third kappa shape index (κ3) is 3.87. The molecule has 4 rings (SSSR count). The molecule has 0 aromatic carbocycles. The number of tetrazole rings is 1. The molecule has 2 fully saturated rings. The Bertz CT molecular complexity index is 758. The first kappa shape index (κ1) is 18.1. The molecular formula is C18H27N7O2. The summed E-state index contributed by atoms with van der Waals surface area (Å²) in [6.07, 6.45) is 5.54. The molecule has 0 radical (unpaired) electrons. The second kappa shape index (κ2) is 7.38. The Kier molecular flexibility index (Phi) is 4.94. The average molecular weight is 373 g/mol. The van der Waals surface area contributed by atoms with Crippen LogP contribution in [0.3, 0.4) is 0 Å². The first-order chi connectivity index (χ1) is 13.0. The van der Waals surface area contributed by atoms with Gasteiger partial charge < -0.3 is 14.3 Å². The summed E-state index contributed by atoms with van der Waals surface area (Å²) in [5, 5.41) is 15.2. The van der Waals surface area contributed by atoms with Gasteiger partial charge in [-0.3, -0.25) is 4.79 Å². The zero-order valence-corrected chi connectivity index (χ0v) is 16.1. The number of hydrogen-bond donors (Lipinski definition) is 0. The van der Waals surface area contributed by atoms with E-state index in [0.717, 1.165) is 69.0 Å². The van der Waals surface area contributed by atoms with Gasteiger partial charge in [0.1, 0.15) is 12.1 Å². The molecule has 9 nitrogen and oxygen atoms in total. The number of amides is 1. The number of hydrogen-bond acceptors (Lipinski definition) is 7. The van der Waals surface area contributed by atoms with Crippen molar-refractivity contribution in [1.29, 1.82) is 0 Å². The van der Waals surface area contributed by atoms with Crippen molar-refractivity contribution >= 4 is 5.91 Å². The molecule has 2 aliphatic rings. The smallest absolute Gasteiger partial charge is 0.223 e. The molecular weight excluding hydrogens is 346 g/mol. The number of carbonyl (C=O) groups excluding carboxylic acids is 1. The van der Waals surface area contributed by atoms with Gasteiger partial charge in [0, 0.05) is 25.1 Å². The van der Waals surface area contributed by atoms with Gasteiger partial charge in [-0.2, -0.15) is 0 Å². The molecule has 1 spiro atoms. The van der Waals surface area contributed by atoms with Gasteiger partial charge in [-0.25, -0.2) is 4.68 Å². The summed E-state index contributed by atoms with van der Waals surface area (Å²) in [6.45, 7) is 9.34. The van der Waals surface area contributed by atoms with Crippen molar-refractivity contribution in [2.45, 2.75) is 52.6 Å². The van der Waals surface area contributed by atoms with Crippen LogP contribution in [0.25, 0.3) is 0 Å². The molecule has 0 atom stereocenters. The maximum absolute atomic E-state index is 12.6. The topological polar surface area (TPSA) is 93.2 Å². The van der Waals surface area contributed by atoms with Crippen LogP contribution in [0.2, 0.25) is 0 Å². The maximum atomic E-state index is 12.6. The van der Waals surface area contributed by atoms with Crippen LogP contribution < -0.4 is 0 Å². The molecule has 2 aromatic heterocycles. The lowest BCUT2D eigenvalue weighted by Crippen LogP contribution is -2.42. The lowest BCUT2D eigenvalue weighted by molar-refractivity contribution is -0.128. The molecule has 0 unspecified atom stereocenters. The van der Waals surface area contributed by atoms with E-state index in [2.05, 4.69) is 25.6 Å². The van der Waals surface area contributed by atoms with Crippen molar-refractivity contribution in [3.05, 3.63) is 23.3 Å². The van der Waals surface area contributed by atoms with Gasteiger partial charge in [0.15, 0.2) is 0 Å². The fourth-order valence-electron chi connectivity index (χ4n) is 4.37. The number of piperidine rings is 1. The van der Waals surface area contributed by atoms with Crippen molar-refractivity contribution in [3.8, 4) is 0 Å². The van der Waals surface area contributed by atoms with E-state index in [0.29, 0.717) is 13.0 Å². The predicted octanol–water partition coefficient (Wildman–Crippen LogP) is 1.18. The minimum atomic E-state index is 0.141. The minimum absolute atomic E-state index is 0.141. The number of rotatable bonds is 6. The van der Waals surface area contributed by atoms with Crippen LogP contribution in [0.15, 0.2) is 10.9 Å². The van der Waals surface area contributed by atoms with Crippen LogP contribution in [-0.4, -0.2) is 67.2 Å². The van der Waals surface area contributed by atoms with Gasteiger partial charge in [-0.1, -0.05) is 5.16 Å². The van der Waals surface area contributed by atoms with Gasteiger partial charge in [0.25, 0.3) is 0 Å². The Morgan fingerprint density at radius 2 is 2.04 bits per heavy atom. The molecule has 1 amide bonds. The fourth-order valence-corrected chi connectivity index (χ4v) is 4.37. The number of nitrogens with zero attached hydrogens (tertiary/aromatic N) is 7. The molecule has 2 aliphatic heterocycles. The second-order valence-corrected chi connectivity index (χ2v) is 8.00. The molecule has 0 bridgehead atoms. The highest BCUT2D eigenvalue weighted by Gasteiger charge is 2.44. The summed E-state index contributed by atoms with van der Waals surface area (Å²) in [4.78, 5) is 17.1. The van der Waals surface area contributed by atoms with Crippen molar-refractivity contribution < 1.29 is 9.32 Å². The van der Waals surface area contributed by atoms with E-state index < -0.39 is 0 Å². The summed E-state index contributed by atoms with van der Waals surface area (Å²) in [6, 6.07) is 0. The van der Waals surface area contributed by atoms with Gasteiger partial charge in [0.05, 0.1) is 12.2 Å². The Morgan fingerprint density at radius 1 is 1.22 bits per heavy atom. The Hall–Kier alpha value is -2.29. The number of likely N-dealkylation sites (tertiary alicyclic amines) is 2. The van der Waals surface area contributed by atoms with Crippen molar-refractivity contribution in [2.75, 3.05) is 26.2 Å². The van der Waals surface area contributed by atoms with Gasteiger partial charge in [-0.15, -0.1) is 5.10 Å². The SMILES string of the molecule is Cc1noc(C)c1CN1CC2(CCN(CCCn3cnnn3)CC2)CC1=O. The molecule has 2 aromatic rings. The molecule has 0 saturated carbocycles. The quantitative estimate of drug-likeness (QED) is 0.750. The summed E-state index contributed by atoms with van der Waals surface area (Å²) in [7, 11) is 0. The maximum Gasteiger partial charge on any atom is 0.223 e. The second-order valence-electron chi connectivity index (χ2n) is 8.00. The first-order valence-corrected chi connectivity index (χ1v) is 9.67. The fraction of sp³-hybridized carbons (Fsp3) is 0.722. The largest absolute Gasteiger partial charge is 0.361 e. The van der Waals surface area contributed by atoms with E-state index in [1.54, 1.807) is 11.0 Å². The molecule has 0 aliphatic carbocycles. The molecule has 27 heavy (non-hydrogen) atoms. The van der Waals surface area contributed by atoms with Crippen molar-refractivity contribution in [2.24, 2.45) is 5.41 Å². The van der Waals surface area contributed by atoms with Crippen LogP contribution in [-0.2, 0) is 17.9 Å². The summed E-state index contributed by atoms with van der Waals surface area (Å²) >= 11 is 0. The minimum Gasteiger partial charge on any atom is -0.361 e. The Morgan fingerprint density at radius 3 is 2.70 bits per heavy atom. The van der Waals surface area contributed by atoms with Crippen LogP contribution in [0.5, 0.6) is 0 Å². The van der Waals surface area contributed by atoms with Gasteiger partial charge in [-0.05, 0) is 68.6 Å². The van der Waals surface area contributed by atoms with E-state index in [1.807, 2.05) is 18.7 Å². The zero-order chi connectivity index (χ0) is 18.9. The molecule has 9 heteroatoms. The third-order valence-corrected chi connectivity index (χ3v) is 6.11. The Labute approximate surface area is 158 Å². The molecule has 146 valence electrons. The average Bonchev–Trinajstić information content (AvgIpc) is 3.35. The van der Waals surface area contributed by atoms with Gasteiger partial charge in [0.2, 0.25) is 5.91 Å². The van der Waals surface area contributed by atoms with Crippen LogP contribution in [0.4, 0.5) is 0 Å². The third-order valence-electron chi connectivity index (χ3n) is 6.11. The summed E-state index contributed by atoms with van der Waals surface area (Å²) < 4.78 is 7.02. The number of aryl methyl sites for hydroxylation is 3. The van der Waals surface area contributed by atoms with Crippen LogP contribution in [0, 0.1) is 19.3 Å². The zero-order valence-electron chi connectivity index (χ0n) is 16.1. The van der Waals surface area contributed by atoms with Gasteiger partial charge >= 0.3 is 0 Å². The van der Waals surface area contributed by atoms with Crippen molar-refractivity contribution in [3.63, 3.8) is 0 Å². The highest BCUT2D eigenvalue weighted by atomic mass is 16.5. The van der Waals surface area contributed by atoms with E-state index in [4.69, 9.17) is 4.52 Å². The van der Waals surface area contributed by atoms with E-state index >= 15 is 0 Å².